The number of amides is 1. The molecule has 7 atom stereocenters. The lowest BCUT2D eigenvalue weighted by molar-refractivity contribution is -0.302. The second kappa shape index (κ2) is 50.0. The second-order valence-corrected chi connectivity index (χ2v) is 20.8. The number of rotatable bonds is 51. The third kappa shape index (κ3) is 39.6. The molecule has 6 N–H and O–H groups in total. The normalized spacial score (nSPS) is 19.7. The molecule has 1 rings (SSSR count). The number of unbranched alkanes of at least 4 members (excludes halogenated alkanes) is 35. The Balaban J connectivity index is 2.21. The third-order valence-corrected chi connectivity index (χ3v) is 14.2. The van der Waals surface area contributed by atoms with Gasteiger partial charge in [0.15, 0.2) is 6.29 Å². The Morgan fingerprint density at radius 1 is 0.493 bits per heavy atom. The molecule has 69 heavy (non-hydrogen) atoms. The van der Waals surface area contributed by atoms with Crippen molar-refractivity contribution in [2.75, 3.05) is 13.2 Å². The molecule has 1 fully saturated rings. The maximum atomic E-state index is 13.1. The quantitative estimate of drug-likeness (QED) is 0.0261. The lowest BCUT2D eigenvalue weighted by atomic mass is 9.99. The van der Waals surface area contributed by atoms with Crippen molar-refractivity contribution in [1.82, 2.24) is 5.32 Å². The Morgan fingerprint density at radius 3 is 1.26 bits per heavy atom. The number of carbonyl (C=O) groups is 1. The maximum absolute atomic E-state index is 13.1. The number of aliphatic hydroxyl groups excluding tert-OH is 5. The SMILES string of the molecule is CCCCCCC/C=C\C/C=C\C/C=C\CCCCCCCCCCC(=O)NC(COC1OC(CO)C(O)C(O)C1O)C(O)CCCCCCCCCCCCCCCCCCCCCCCCC. The maximum Gasteiger partial charge on any atom is 0.220 e. The van der Waals surface area contributed by atoms with Crippen molar-refractivity contribution < 1.29 is 39.8 Å². The molecule has 9 nitrogen and oxygen atoms in total. The van der Waals surface area contributed by atoms with Gasteiger partial charge in [0.25, 0.3) is 0 Å². The largest absolute Gasteiger partial charge is 0.394 e. The van der Waals surface area contributed by atoms with Gasteiger partial charge < -0.3 is 40.3 Å². The average molecular weight is 977 g/mol. The van der Waals surface area contributed by atoms with Crippen LogP contribution < -0.4 is 5.32 Å². The standard InChI is InChI=1S/C60H113NO8/c1-3-5-7-9-11-13-15-17-19-21-23-25-27-29-31-33-35-37-39-41-43-45-47-49-54(63)53(52-68-60-59(67)58(66)57(65)55(51-62)69-60)61-56(64)50-48-46-44-42-40-38-36-34-32-30-28-26-24-22-20-18-16-14-12-10-8-6-4-2/h16,18,22,24,28,30,53-55,57-60,62-63,65-67H,3-15,17,19-21,23,25-27,29,31-52H2,1-2H3,(H,61,64)/b18-16-,24-22-,30-28-. The number of nitrogens with one attached hydrogen (secondary N) is 1. The number of hydrogen-bond acceptors (Lipinski definition) is 8. The number of aliphatic hydroxyl groups is 5. The van der Waals surface area contributed by atoms with Gasteiger partial charge in [-0.05, 0) is 51.4 Å². The zero-order valence-corrected chi connectivity index (χ0v) is 45.1. The monoisotopic (exact) mass is 976 g/mol. The van der Waals surface area contributed by atoms with E-state index in [4.69, 9.17) is 9.47 Å². The third-order valence-electron chi connectivity index (χ3n) is 14.2. The zero-order chi connectivity index (χ0) is 50.1. The molecule has 0 aromatic heterocycles. The number of allylic oxidation sites excluding steroid dienone is 6. The molecule has 0 spiro atoms. The van der Waals surface area contributed by atoms with Crippen LogP contribution in [-0.2, 0) is 14.3 Å². The summed E-state index contributed by atoms with van der Waals surface area (Å²) in [7, 11) is 0. The van der Waals surface area contributed by atoms with Gasteiger partial charge >= 0.3 is 0 Å². The van der Waals surface area contributed by atoms with E-state index < -0.39 is 49.5 Å². The van der Waals surface area contributed by atoms with Gasteiger partial charge in [-0.3, -0.25) is 4.79 Å². The highest BCUT2D eigenvalue weighted by Crippen LogP contribution is 2.23. The smallest absolute Gasteiger partial charge is 0.220 e. The molecular weight excluding hydrogens is 863 g/mol. The van der Waals surface area contributed by atoms with E-state index in [0.717, 1.165) is 57.8 Å². The molecule has 0 radical (unpaired) electrons. The number of carbonyl (C=O) groups excluding carboxylic acids is 1. The van der Waals surface area contributed by atoms with Gasteiger partial charge in [0.1, 0.15) is 24.4 Å². The van der Waals surface area contributed by atoms with E-state index in [2.05, 4.69) is 55.6 Å². The fourth-order valence-corrected chi connectivity index (χ4v) is 9.52. The van der Waals surface area contributed by atoms with Crippen molar-refractivity contribution in [3.8, 4) is 0 Å². The summed E-state index contributed by atoms with van der Waals surface area (Å²) < 4.78 is 11.3. The van der Waals surface area contributed by atoms with E-state index in [1.54, 1.807) is 0 Å². The topological polar surface area (TPSA) is 149 Å². The Kier molecular flexibility index (Phi) is 47.4. The van der Waals surface area contributed by atoms with Crippen LogP contribution in [0.3, 0.4) is 0 Å². The lowest BCUT2D eigenvalue weighted by Gasteiger charge is -2.40. The van der Waals surface area contributed by atoms with Crippen LogP contribution in [-0.4, -0.2) is 87.5 Å². The van der Waals surface area contributed by atoms with Gasteiger partial charge in [-0.15, -0.1) is 0 Å². The number of hydrogen-bond donors (Lipinski definition) is 6. The van der Waals surface area contributed by atoms with Crippen LogP contribution in [0.4, 0.5) is 0 Å². The first kappa shape index (κ1) is 65.4. The van der Waals surface area contributed by atoms with Crippen molar-refractivity contribution in [1.29, 1.82) is 0 Å². The van der Waals surface area contributed by atoms with Crippen molar-refractivity contribution in [3.05, 3.63) is 36.5 Å². The van der Waals surface area contributed by atoms with Gasteiger partial charge in [0.05, 0.1) is 25.4 Å². The minimum Gasteiger partial charge on any atom is -0.394 e. The Labute approximate surface area is 425 Å². The molecule has 9 heteroatoms. The molecular formula is C60H113NO8. The predicted octanol–water partition coefficient (Wildman–Crippen LogP) is 14.7. The second-order valence-electron chi connectivity index (χ2n) is 20.8. The molecule has 1 aliphatic rings. The summed E-state index contributed by atoms with van der Waals surface area (Å²) >= 11 is 0. The van der Waals surface area contributed by atoms with Gasteiger partial charge in [0, 0.05) is 6.42 Å². The summed E-state index contributed by atoms with van der Waals surface area (Å²) in [6, 6.07) is -0.724. The van der Waals surface area contributed by atoms with E-state index in [-0.39, 0.29) is 12.5 Å². The van der Waals surface area contributed by atoms with Gasteiger partial charge in [-0.25, -0.2) is 0 Å². The van der Waals surface area contributed by atoms with Crippen molar-refractivity contribution in [2.24, 2.45) is 0 Å². The molecule has 1 amide bonds. The van der Waals surface area contributed by atoms with Crippen molar-refractivity contribution >= 4 is 5.91 Å². The van der Waals surface area contributed by atoms with E-state index in [9.17, 15) is 30.3 Å². The van der Waals surface area contributed by atoms with Crippen LogP contribution in [0.1, 0.15) is 284 Å². The van der Waals surface area contributed by atoms with Crippen LogP contribution >= 0.6 is 0 Å². The van der Waals surface area contributed by atoms with E-state index in [1.165, 1.54) is 199 Å². The average Bonchev–Trinajstić information content (AvgIpc) is 3.35. The first-order valence-corrected chi connectivity index (χ1v) is 29.7. The van der Waals surface area contributed by atoms with E-state index in [1.807, 2.05) is 0 Å². The predicted molar refractivity (Wildman–Crippen MR) is 290 cm³/mol. The fraction of sp³-hybridized carbons (Fsp3) is 0.883. The molecule has 0 aromatic carbocycles. The molecule has 0 bridgehead atoms. The van der Waals surface area contributed by atoms with Crippen LogP contribution in [0.2, 0.25) is 0 Å². The molecule has 1 aliphatic heterocycles. The highest BCUT2D eigenvalue weighted by molar-refractivity contribution is 5.76. The van der Waals surface area contributed by atoms with Crippen molar-refractivity contribution in [3.63, 3.8) is 0 Å². The summed E-state index contributed by atoms with van der Waals surface area (Å²) in [5.74, 6) is -0.148. The molecule has 0 saturated carbocycles. The van der Waals surface area contributed by atoms with Crippen molar-refractivity contribution in [2.45, 2.75) is 326 Å². The fourth-order valence-electron chi connectivity index (χ4n) is 9.52. The van der Waals surface area contributed by atoms with Crippen LogP contribution in [0.15, 0.2) is 36.5 Å². The molecule has 7 unspecified atom stereocenters. The van der Waals surface area contributed by atoms with E-state index >= 15 is 0 Å². The first-order chi connectivity index (χ1) is 33.8. The summed E-state index contributed by atoms with van der Waals surface area (Å²) in [6.07, 6.45) is 57.4. The van der Waals surface area contributed by atoms with Gasteiger partial charge in [-0.1, -0.05) is 262 Å². The Bertz CT molecular complexity index is 1180. The minimum atomic E-state index is -1.56. The zero-order valence-electron chi connectivity index (χ0n) is 45.1. The number of ether oxygens (including phenoxy) is 2. The molecule has 1 heterocycles. The summed E-state index contributed by atoms with van der Waals surface area (Å²) in [4.78, 5) is 13.1. The highest BCUT2D eigenvalue weighted by atomic mass is 16.7. The molecule has 0 aromatic rings. The molecule has 406 valence electrons. The lowest BCUT2D eigenvalue weighted by Crippen LogP contribution is -2.60. The Hall–Kier alpha value is -1.59. The van der Waals surface area contributed by atoms with Gasteiger partial charge in [-0.2, -0.15) is 0 Å². The van der Waals surface area contributed by atoms with Gasteiger partial charge in [0.2, 0.25) is 5.91 Å². The van der Waals surface area contributed by atoms with Crippen LogP contribution in [0.25, 0.3) is 0 Å². The first-order valence-electron chi connectivity index (χ1n) is 29.7. The Morgan fingerprint density at radius 2 is 0.855 bits per heavy atom. The minimum absolute atomic E-state index is 0.140. The summed E-state index contributed by atoms with van der Waals surface area (Å²) in [5.41, 5.74) is 0. The molecule has 1 saturated heterocycles. The van der Waals surface area contributed by atoms with Crippen LogP contribution in [0, 0.1) is 0 Å². The highest BCUT2D eigenvalue weighted by Gasteiger charge is 2.44. The molecule has 0 aliphatic carbocycles. The summed E-state index contributed by atoms with van der Waals surface area (Å²) in [5, 5.41) is 54.7. The van der Waals surface area contributed by atoms with Crippen LogP contribution in [0.5, 0.6) is 0 Å². The van der Waals surface area contributed by atoms with E-state index in [0.29, 0.717) is 12.8 Å². The summed E-state index contributed by atoms with van der Waals surface area (Å²) in [6.45, 7) is 3.85.